The van der Waals surface area contributed by atoms with Gasteiger partial charge in [-0.05, 0) is 32.3 Å². The predicted molar refractivity (Wildman–Crippen MR) is 96.8 cm³/mol. The molecule has 0 aromatic carbocycles. The van der Waals surface area contributed by atoms with Crippen LogP contribution in [0.1, 0.15) is 49.5 Å². The Kier molecular flexibility index (Phi) is 5.70. The molecule has 1 saturated heterocycles. The van der Waals surface area contributed by atoms with E-state index in [9.17, 15) is 14.4 Å². The summed E-state index contributed by atoms with van der Waals surface area (Å²) in [6, 6.07) is 2.88. The van der Waals surface area contributed by atoms with Crippen LogP contribution < -0.4 is 16.2 Å². The van der Waals surface area contributed by atoms with Crippen molar-refractivity contribution in [2.75, 3.05) is 13.1 Å². The zero-order valence-corrected chi connectivity index (χ0v) is 15.4. The van der Waals surface area contributed by atoms with Gasteiger partial charge in [0.05, 0.1) is 6.04 Å². The molecule has 2 fully saturated rings. The fraction of sp³-hybridized carbons (Fsp3) is 0.667. The van der Waals surface area contributed by atoms with Gasteiger partial charge >= 0.3 is 0 Å². The van der Waals surface area contributed by atoms with Gasteiger partial charge in [-0.1, -0.05) is 12.8 Å². The van der Waals surface area contributed by atoms with Crippen LogP contribution in [0.25, 0.3) is 0 Å². The maximum atomic E-state index is 12.5. The van der Waals surface area contributed by atoms with Crippen LogP contribution in [0.15, 0.2) is 16.9 Å². The maximum Gasteiger partial charge on any atom is 0.271 e. The molecule has 0 bridgehead atoms. The molecule has 2 heterocycles. The number of hydrogen-bond donors (Lipinski definition) is 2. The van der Waals surface area contributed by atoms with Crippen LogP contribution in [0.3, 0.4) is 0 Å². The lowest BCUT2D eigenvalue weighted by molar-refractivity contribution is -0.126. The maximum absolute atomic E-state index is 12.5. The molecule has 0 radical (unpaired) electrons. The highest BCUT2D eigenvalue weighted by Crippen LogP contribution is 2.30. The Hall–Kier alpha value is -2.22. The molecule has 1 aliphatic heterocycles. The normalized spacial score (nSPS) is 23.9. The summed E-state index contributed by atoms with van der Waals surface area (Å²) < 4.78 is 1.14. The summed E-state index contributed by atoms with van der Waals surface area (Å²) in [4.78, 5) is 38.7. The minimum Gasteiger partial charge on any atom is -0.355 e. The molecule has 1 aromatic heterocycles. The first-order chi connectivity index (χ1) is 12.5. The van der Waals surface area contributed by atoms with Gasteiger partial charge in [-0.2, -0.15) is 5.10 Å². The summed E-state index contributed by atoms with van der Waals surface area (Å²) in [5.74, 6) is -0.273. The quantitative estimate of drug-likeness (QED) is 0.771. The van der Waals surface area contributed by atoms with Crippen LogP contribution in [0.2, 0.25) is 0 Å². The third kappa shape index (κ3) is 3.95. The molecule has 0 unspecified atom stereocenters. The number of carbonyl (C=O) groups excluding carboxylic acids is 2. The fourth-order valence-corrected chi connectivity index (χ4v) is 4.04. The van der Waals surface area contributed by atoms with Gasteiger partial charge in [0.15, 0.2) is 0 Å². The van der Waals surface area contributed by atoms with E-state index >= 15 is 0 Å². The predicted octanol–water partition coefficient (Wildman–Crippen LogP) is 0.0317. The second-order valence-electron chi connectivity index (χ2n) is 7.13. The minimum atomic E-state index is -0.312. The Morgan fingerprint density at radius 3 is 2.65 bits per heavy atom. The van der Waals surface area contributed by atoms with Crippen LogP contribution in [0.5, 0.6) is 0 Å². The lowest BCUT2D eigenvalue weighted by atomic mass is 10.1. The molecule has 2 aliphatic rings. The summed E-state index contributed by atoms with van der Waals surface area (Å²) in [5.41, 5.74) is -0.0490. The number of likely N-dealkylation sites (tertiary alicyclic amines) is 1. The van der Waals surface area contributed by atoms with Crippen molar-refractivity contribution < 1.29 is 9.59 Å². The van der Waals surface area contributed by atoms with Gasteiger partial charge in [0, 0.05) is 38.3 Å². The minimum absolute atomic E-state index is 0.0383. The van der Waals surface area contributed by atoms with E-state index in [1.807, 2.05) is 6.92 Å². The summed E-state index contributed by atoms with van der Waals surface area (Å²) in [7, 11) is 1.52. The molecular weight excluding hydrogens is 334 g/mol. The number of aromatic nitrogens is 2. The average Bonchev–Trinajstić information content (AvgIpc) is 3.26. The fourth-order valence-electron chi connectivity index (χ4n) is 4.04. The van der Waals surface area contributed by atoms with Crippen molar-refractivity contribution in [3.8, 4) is 0 Å². The first kappa shape index (κ1) is 18.6. The summed E-state index contributed by atoms with van der Waals surface area (Å²) in [6.45, 7) is 3.19. The van der Waals surface area contributed by atoms with Gasteiger partial charge in [0.1, 0.15) is 5.69 Å². The van der Waals surface area contributed by atoms with Gasteiger partial charge in [-0.3, -0.25) is 19.3 Å². The highest BCUT2D eigenvalue weighted by Gasteiger charge is 2.41. The second-order valence-corrected chi connectivity index (χ2v) is 7.13. The molecule has 1 aromatic rings. The summed E-state index contributed by atoms with van der Waals surface area (Å²) in [6.07, 6.45) is 5.21. The van der Waals surface area contributed by atoms with Crippen LogP contribution in [0.4, 0.5) is 0 Å². The van der Waals surface area contributed by atoms with Crippen molar-refractivity contribution >= 4 is 11.8 Å². The Balaban J connectivity index is 1.69. The van der Waals surface area contributed by atoms with E-state index < -0.39 is 0 Å². The molecule has 1 aliphatic carbocycles. The molecule has 3 rings (SSSR count). The second kappa shape index (κ2) is 7.99. The Morgan fingerprint density at radius 2 is 2.00 bits per heavy atom. The smallest absolute Gasteiger partial charge is 0.271 e. The molecule has 8 nitrogen and oxygen atoms in total. The van der Waals surface area contributed by atoms with E-state index in [-0.39, 0.29) is 35.2 Å². The Morgan fingerprint density at radius 1 is 1.27 bits per heavy atom. The molecule has 0 spiro atoms. The highest BCUT2D eigenvalue weighted by molar-refractivity contribution is 5.92. The first-order valence-electron chi connectivity index (χ1n) is 9.38. The van der Waals surface area contributed by atoms with Crippen LogP contribution in [0, 0.1) is 0 Å². The number of aryl methyl sites for hydroxylation is 1. The van der Waals surface area contributed by atoms with E-state index in [0.29, 0.717) is 25.6 Å². The van der Waals surface area contributed by atoms with Crippen LogP contribution in [-0.4, -0.2) is 57.7 Å². The third-order valence-electron chi connectivity index (χ3n) is 5.32. The topological polar surface area (TPSA) is 96.3 Å². The van der Waals surface area contributed by atoms with E-state index in [4.69, 9.17) is 0 Å². The number of rotatable bonds is 5. The molecular formula is C18H27N5O3. The molecule has 26 heavy (non-hydrogen) atoms. The number of nitrogens with one attached hydrogen (secondary N) is 2. The van der Waals surface area contributed by atoms with Crippen molar-refractivity contribution in [2.24, 2.45) is 7.05 Å². The standard InChI is InChI=1S/C18H27N5O3/c1-3-19-18(26)15-10-12(11-23(15)13-6-4-5-7-13)20-17(25)14-8-9-16(24)22(2)21-14/h8-9,12-13,15H,3-7,10-11H2,1-2H3,(H,19,26)(H,20,25)/t12-,15-/m0/s1. The van der Waals surface area contributed by atoms with Gasteiger partial charge < -0.3 is 10.6 Å². The molecule has 2 N–H and O–H groups in total. The molecule has 2 atom stereocenters. The SMILES string of the molecule is CCNC(=O)[C@@H]1C[C@H](NC(=O)c2ccc(=O)n(C)n2)CN1C1CCCC1. The Bertz CT molecular complexity index is 726. The van der Waals surface area contributed by atoms with E-state index in [0.717, 1.165) is 17.5 Å². The number of amides is 2. The molecule has 1 saturated carbocycles. The van der Waals surface area contributed by atoms with Crippen molar-refractivity contribution in [1.82, 2.24) is 25.3 Å². The number of likely N-dealkylation sites (N-methyl/N-ethyl adjacent to an activating group) is 1. The van der Waals surface area contributed by atoms with Gasteiger partial charge in [-0.25, -0.2) is 4.68 Å². The summed E-state index contributed by atoms with van der Waals surface area (Å²) in [5, 5.41) is 9.89. The lowest BCUT2D eigenvalue weighted by Crippen LogP contribution is -2.47. The molecule has 142 valence electrons. The zero-order chi connectivity index (χ0) is 18.7. The number of nitrogens with zero attached hydrogens (tertiary/aromatic N) is 3. The van der Waals surface area contributed by atoms with Crippen LogP contribution >= 0.6 is 0 Å². The van der Waals surface area contributed by atoms with E-state index in [2.05, 4.69) is 20.6 Å². The zero-order valence-electron chi connectivity index (χ0n) is 15.4. The van der Waals surface area contributed by atoms with Gasteiger partial charge in [0.2, 0.25) is 5.91 Å². The average molecular weight is 361 g/mol. The van der Waals surface area contributed by atoms with E-state index in [1.165, 1.54) is 32.0 Å². The van der Waals surface area contributed by atoms with Crippen molar-refractivity contribution in [2.45, 2.75) is 57.2 Å². The summed E-state index contributed by atoms with van der Waals surface area (Å²) >= 11 is 0. The number of carbonyl (C=O) groups is 2. The lowest BCUT2D eigenvalue weighted by Gasteiger charge is -2.29. The van der Waals surface area contributed by atoms with E-state index in [1.54, 1.807) is 0 Å². The van der Waals surface area contributed by atoms with Gasteiger partial charge in [0.25, 0.3) is 11.5 Å². The number of hydrogen-bond acceptors (Lipinski definition) is 5. The molecule has 2 amide bonds. The molecule has 8 heteroatoms. The van der Waals surface area contributed by atoms with Crippen LogP contribution in [-0.2, 0) is 11.8 Å². The Labute approximate surface area is 152 Å². The van der Waals surface area contributed by atoms with Gasteiger partial charge in [-0.15, -0.1) is 0 Å². The van der Waals surface area contributed by atoms with Crippen molar-refractivity contribution in [3.05, 3.63) is 28.2 Å². The van der Waals surface area contributed by atoms with Crippen molar-refractivity contribution in [3.63, 3.8) is 0 Å². The largest absolute Gasteiger partial charge is 0.355 e. The monoisotopic (exact) mass is 361 g/mol. The highest BCUT2D eigenvalue weighted by atomic mass is 16.2. The van der Waals surface area contributed by atoms with Crippen molar-refractivity contribution in [1.29, 1.82) is 0 Å². The third-order valence-corrected chi connectivity index (χ3v) is 5.32. The first-order valence-corrected chi connectivity index (χ1v) is 9.38.